The minimum atomic E-state index is 0.495. The Hall–Kier alpha value is -1.02. The van der Waals surface area contributed by atoms with E-state index in [-0.39, 0.29) is 0 Å². The van der Waals surface area contributed by atoms with Gasteiger partial charge in [-0.25, -0.2) is 0 Å². The van der Waals surface area contributed by atoms with Crippen LogP contribution in [-0.4, -0.2) is 18.3 Å². The maximum atomic E-state index is 9.95. The molecule has 1 saturated heterocycles. The predicted octanol–water partition coefficient (Wildman–Crippen LogP) is 4.87. The van der Waals surface area contributed by atoms with E-state index >= 15 is 0 Å². The van der Waals surface area contributed by atoms with Crippen molar-refractivity contribution in [3.63, 3.8) is 0 Å². The van der Waals surface area contributed by atoms with Gasteiger partial charge in [0.15, 0.2) is 0 Å². The molecule has 0 spiro atoms. The average molecular weight is 278 g/mol. The van der Waals surface area contributed by atoms with Gasteiger partial charge in [0.25, 0.3) is 0 Å². The summed E-state index contributed by atoms with van der Waals surface area (Å²) in [6.45, 7) is 6.44. The summed E-state index contributed by atoms with van der Waals surface area (Å²) in [5, 5.41) is 9.95. The van der Waals surface area contributed by atoms with E-state index in [2.05, 4.69) is 24.7 Å². The Labute approximate surface area is 124 Å². The molecule has 0 radical (unpaired) electrons. The monoisotopic (exact) mass is 278 g/mol. The molecule has 0 amide bonds. The van der Waals surface area contributed by atoms with Gasteiger partial charge in [-0.2, -0.15) is 0 Å². The third-order valence-corrected chi connectivity index (χ3v) is 3.53. The number of hydrogen-bond acceptors (Lipinski definition) is 2. The van der Waals surface area contributed by atoms with Crippen LogP contribution in [0.1, 0.15) is 63.5 Å². The summed E-state index contributed by atoms with van der Waals surface area (Å²) < 4.78 is 4.50. The van der Waals surface area contributed by atoms with Crippen molar-refractivity contribution in [2.75, 3.05) is 13.2 Å². The fourth-order valence-electron chi connectivity index (χ4n) is 2.26. The first-order valence-corrected chi connectivity index (χ1v) is 8.17. The molecule has 1 aliphatic heterocycles. The Bertz CT molecular complexity index is 356. The molecule has 0 saturated carbocycles. The second-order valence-corrected chi connectivity index (χ2v) is 5.44. The Morgan fingerprint density at radius 2 is 1.55 bits per heavy atom. The van der Waals surface area contributed by atoms with E-state index in [4.69, 9.17) is 0 Å². The molecule has 1 heterocycles. The van der Waals surface area contributed by atoms with Crippen molar-refractivity contribution >= 4 is 0 Å². The van der Waals surface area contributed by atoms with Gasteiger partial charge in [0.2, 0.25) is 0 Å². The Balaban J connectivity index is 0.000000584. The first kappa shape index (κ1) is 17.0. The van der Waals surface area contributed by atoms with Crippen LogP contribution >= 0.6 is 0 Å². The van der Waals surface area contributed by atoms with Gasteiger partial charge in [0.05, 0.1) is 13.2 Å². The van der Waals surface area contributed by atoms with E-state index in [0.29, 0.717) is 5.75 Å². The van der Waals surface area contributed by atoms with E-state index < -0.39 is 0 Å². The molecule has 0 aromatic heterocycles. The van der Waals surface area contributed by atoms with Crippen LogP contribution in [0.4, 0.5) is 0 Å². The molecular formula is C18H30O2. The highest BCUT2D eigenvalue weighted by atomic mass is 16.6. The maximum absolute atomic E-state index is 9.95. The predicted molar refractivity (Wildman–Crippen MR) is 85.4 cm³/mol. The van der Waals surface area contributed by atoms with Crippen molar-refractivity contribution in [3.05, 3.63) is 29.3 Å². The summed E-state index contributed by atoms with van der Waals surface area (Å²) in [5.41, 5.74) is 2.55. The number of hydrogen-bond donors (Lipinski definition) is 1. The highest BCUT2D eigenvalue weighted by molar-refractivity contribution is 5.39. The molecule has 2 heteroatoms. The summed E-state index contributed by atoms with van der Waals surface area (Å²) in [6.07, 6.45) is 9.59. The van der Waals surface area contributed by atoms with Crippen LogP contribution in [0, 0.1) is 0 Å². The van der Waals surface area contributed by atoms with Crippen LogP contribution in [0.25, 0.3) is 0 Å². The lowest BCUT2D eigenvalue weighted by Crippen LogP contribution is -1.96. The fourth-order valence-corrected chi connectivity index (χ4v) is 2.26. The highest BCUT2D eigenvalue weighted by Gasteiger charge is 2.06. The van der Waals surface area contributed by atoms with Crippen molar-refractivity contribution in [2.24, 2.45) is 0 Å². The summed E-state index contributed by atoms with van der Waals surface area (Å²) in [5.74, 6) is 0.495. The number of rotatable bonds is 8. The molecule has 20 heavy (non-hydrogen) atoms. The Kier molecular flexibility index (Phi) is 9.14. The van der Waals surface area contributed by atoms with E-state index in [9.17, 15) is 5.11 Å². The largest absolute Gasteiger partial charge is 0.508 e. The topological polar surface area (TPSA) is 32.8 Å². The van der Waals surface area contributed by atoms with Crippen molar-refractivity contribution in [1.82, 2.24) is 0 Å². The van der Waals surface area contributed by atoms with Gasteiger partial charge in [-0.3, -0.25) is 0 Å². The van der Waals surface area contributed by atoms with Crippen LogP contribution in [0.2, 0.25) is 0 Å². The number of phenolic OH excluding ortho intramolecular Hbond substituents is 1. The first-order valence-electron chi connectivity index (χ1n) is 8.17. The van der Waals surface area contributed by atoms with Crippen LogP contribution < -0.4 is 0 Å². The number of aromatic hydroxyl groups is 1. The van der Waals surface area contributed by atoms with Crippen molar-refractivity contribution < 1.29 is 9.84 Å². The standard InChI is InChI=1S/C16H26O.C2H4O/c1-3-5-7-10-14-11-9-13-16(17)15(14)12-8-6-4-2;1-2-3-1/h9,11,13,17H,3-8,10,12H2,1-2H3;1-2H2. The van der Waals surface area contributed by atoms with E-state index in [1.807, 2.05) is 12.1 Å². The summed E-state index contributed by atoms with van der Waals surface area (Å²) >= 11 is 0. The summed E-state index contributed by atoms with van der Waals surface area (Å²) in [7, 11) is 0. The smallest absolute Gasteiger partial charge is 0.119 e. The number of unbranched alkanes of at least 4 members (excludes halogenated alkanes) is 4. The third kappa shape index (κ3) is 7.54. The molecule has 1 N–H and O–H groups in total. The first-order chi connectivity index (χ1) is 9.79. The van der Waals surface area contributed by atoms with Gasteiger partial charge < -0.3 is 9.84 Å². The molecule has 0 aliphatic carbocycles. The minimum Gasteiger partial charge on any atom is -0.508 e. The van der Waals surface area contributed by atoms with Crippen LogP contribution in [0.15, 0.2) is 18.2 Å². The summed E-state index contributed by atoms with van der Waals surface area (Å²) in [6, 6.07) is 5.97. The summed E-state index contributed by atoms with van der Waals surface area (Å²) in [4.78, 5) is 0. The molecule has 1 aromatic carbocycles. The zero-order valence-electron chi connectivity index (χ0n) is 13.2. The lowest BCUT2D eigenvalue weighted by atomic mass is 9.96. The van der Waals surface area contributed by atoms with E-state index in [0.717, 1.165) is 26.1 Å². The van der Waals surface area contributed by atoms with Crippen LogP contribution in [0.5, 0.6) is 5.75 Å². The molecule has 0 unspecified atom stereocenters. The molecule has 0 atom stereocenters. The normalized spacial score (nSPS) is 12.7. The Morgan fingerprint density at radius 3 is 2.10 bits per heavy atom. The SMILES string of the molecule is C1CO1.CCCCCc1cccc(O)c1CCCCC. The van der Waals surface area contributed by atoms with E-state index in [1.54, 1.807) is 0 Å². The van der Waals surface area contributed by atoms with Gasteiger partial charge in [0, 0.05) is 0 Å². The van der Waals surface area contributed by atoms with Gasteiger partial charge >= 0.3 is 0 Å². The van der Waals surface area contributed by atoms with Gasteiger partial charge in [-0.1, -0.05) is 51.7 Å². The molecule has 1 fully saturated rings. The third-order valence-electron chi connectivity index (χ3n) is 3.53. The van der Waals surface area contributed by atoms with Crippen molar-refractivity contribution in [3.8, 4) is 5.75 Å². The number of aryl methyl sites for hydroxylation is 1. The molecule has 0 bridgehead atoms. The van der Waals surface area contributed by atoms with Crippen LogP contribution in [0.3, 0.4) is 0 Å². The quantitative estimate of drug-likeness (QED) is 0.543. The van der Waals surface area contributed by atoms with Gasteiger partial charge in [0.1, 0.15) is 5.75 Å². The fraction of sp³-hybridized carbons (Fsp3) is 0.667. The minimum absolute atomic E-state index is 0.495. The zero-order chi connectivity index (χ0) is 14.6. The number of phenols is 1. The molecule has 1 aromatic rings. The second kappa shape index (κ2) is 10.7. The molecule has 2 nitrogen and oxygen atoms in total. The molecule has 114 valence electrons. The van der Waals surface area contributed by atoms with Crippen molar-refractivity contribution in [2.45, 2.75) is 65.2 Å². The molecule has 1 aliphatic rings. The highest BCUT2D eigenvalue weighted by Crippen LogP contribution is 2.24. The molecule has 2 rings (SSSR count). The maximum Gasteiger partial charge on any atom is 0.119 e. The van der Waals surface area contributed by atoms with Crippen molar-refractivity contribution in [1.29, 1.82) is 0 Å². The average Bonchev–Trinajstić information content (AvgIpc) is 3.30. The lowest BCUT2D eigenvalue weighted by molar-refractivity contribution is 0.465. The number of benzene rings is 1. The van der Waals surface area contributed by atoms with Gasteiger partial charge in [-0.15, -0.1) is 0 Å². The zero-order valence-corrected chi connectivity index (χ0v) is 13.2. The lowest BCUT2D eigenvalue weighted by Gasteiger charge is -2.11. The number of ether oxygens (including phenoxy) is 1. The number of epoxide rings is 1. The second-order valence-electron chi connectivity index (χ2n) is 5.44. The Morgan fingerprint density at radius 1 is 0.950 bits per heavy atom. The molecular weight excluding hydrogens is 248 g/mol. The van der Waals surface area contributed by atoms with E-state index in [1.165, 1.54) is 49.7 Å². The van der Waals surface area contributed by atoms with Gasteiger partial charge in [-0.05, 0) is 42.9 Å². The van der Waals surface area contributed by atoms with Crippen LogP contribution in [-0.2, 0) is 17.6 Å².